The lowest BCUT2D eigenvalue weighted by atomic mass is 9.74. The Kier molecular flexibility index (Phi) is 9.07. The summed E-state index contributed by atoms with van der Waals surface area (Å²) in [5.74, 6) is 0. The van der Waals surface area contributed by atoms with Crippen LogP contribution in [-0.4, -0.2) is 0 Å². The summed E-state index contributed by atoms with van der Waals surface area (Å²) in [5, 5.41) is 5.09. The Balaban J connectivity index is 0.884. The number of hydrogen-bond acceptors (Lipinski definition) is 1. The molecule has 2 aliphatic carbocycles. The fraction of sp³-hybridized carbons (Fsp3) is 0.0746. The predicted octanol–water partition coefficient (Wildman–Crippen LogP) is 18.1. The minimum absolute atomic E-state index is 0.0987. The van der Waals surface area contributed by atoms with E-state index in [-0.39, 0.29) is 10.8 Å². The van der Waals surface area contributed by atoms with Crippen LogP contribution in [0.2, 0.25) is 0 Å². The van der Waals surface area contributed by atoms with Gasteiger partial charge in [-0.05, 0) is 160 Å². The highest BCUT2D eigenvalue weighted by molar-refractivity contribution is 6.08. The third-order valence-electron chi connectivity index (χ3n) is 15.3. The van der Waals surface area contributed by atoms with Gasteiger partial charge in [-0.1, -0.05) is 208 Å². The van der Waals surface area contributed by atoms with E-state index >= 15 is 0 Å². The Hall–Kier alpha value is -8.26. The molecule has 0 spiro atoms. The first-order valence-electron chi connectivity index (χ1n) is 23.9. The maximum atomic E-state index is 2.43. The second-order valence-electron chi connectivity index (χ2n) is 19.4. The van der Waals surface area contributed by atoms with Crippen molar-refractivity contribution >= 4 is 38.6 Å². The zero-order valence-corrected chi connectivity index (χ0v) is 38.5. The van der Waals surface area contributed by atoms with Gasteiger partial charge in [-0.25, -0.2) is 0 Å². The molecule has 0 saturated heterocycles. The highest BCUT2D eigenvalue weighted by Gasteiger charge is 2.41. The molecule has 0 aromatic heterocycles. The van der Waals surface area contributed by atoms with Crippen LogP contribution in [0.15, 0.2) is 243 Å². The molecule has 0 fully saturated rings. The molecule has 68 heavy (non-hydrogen) atoms. The Morgan fingerprint density at radius 1 is 0.294 bits per heavy atom. The van der Waals surface area contributed by atoms with Gasteiger partial charge in [-0.2, -0.15) is 0 Å². The number of anilines is 3. The fourth-order valence-electron chi connectivity index (χ4n) is 11.9. The molecule has 1 atom stereocenters. The van der Waals surface area contributed by atoms with E-state index in [9.17, 15) is 0 Å². The van der Waals surface area contributed by atoms with Crippen molar-refractivity contribution in [3.8, 4) is 55.6 Å². The van der Waals surface area contributed by atoms with Crippen LogP contribution in [-0.2, 0) is 10.8 Å². The maximum absolute atomic E-state index is 2.43. The molecule has 0 amide bonds. The van der Waals surface area contributed by atoms with E-state index in [1.54, 1.807) is 0 Å². The molecule has 0 N–H and O–H groups in total. The number of benzene rings is 11. The fourth-order valence-corrected chi connectivity index (χ4v) is 11.9. The molecule has 1 unspecified atom stereocenters. The largest absolute Gasteiger partial charge is 0.311 e. The van der Waals surface area contributed by atoms with E-state index in [1.165, 1.54) is 105 Å². The molecule has 11 aromatic rings. The van der Waals surface area contributed by atoms with Gasteiger partial charge in [-0.3, -0.25) is 0 Å². The van der Waals surface area contributed by atoms with Crippen LogP contribution in [0.3, 0.4) is 0 Å². The first-order valence-corrected chi connectivity index (χ1v) is 23.9. The number of nitrogens with zero attached hydrogens (tertiary/aromatic N) is 1. The molecule has 0 radical (unpaired) electrons. The van der Waals surface area contributed by atoms with Crippen LogP contribution in [0.25, 0.3) is 77.2 Å². The van der Waals surface area contributed by atoms with Gasteiger partial charge in [0.2, 0.25) is 0 Å². The summed E-state index contributed by atoms with van der Waals surface area (Å²) in [4.78, 5) is 2.39. The summed E-state index contributed by atoms with van der Waals surface area (Å²) in [7, 11) is 0. The van der Waals surface area contributed by atoms with Gasteiger partial charge >= 0.3 is 0 Å². The molecule has 13 rings (SSSR count). The molecule has 1 heteroatoms. The Bertz CT molecular complexity index is 3750. The van der Waals surface area contributed by atoms with Crippen molar-refractivity contribution in [1.82, 2.24) is 0 Å². The van der Waals surface area contributed by atoms with Crippen molar-refractivity contribution in [3.63, 3.8) is 0 Å². The second-order valence-corrected chi connectivity index (χ2v) is 19.4. The van der Waals surface area contributed by atoms with Gasteiger partial charge in [0.25, 0.3) is 0 Å². The maximum Gasteiger partial charge on any atom is 0.0462 e. The zero-order chi connectivity index (χ0) is 45.6. The molecule has 0 bridgehead atoms. The molecule has 0 saturated carbocycles. The molecule has 322 valence electrons. The van der Waals surface area contributed by atoms with Crippen LogP contribution >= 0.6 is 0 Å². The van der Waals surface area contributed by atoms with Gasteiger partial charge in [0.05, 0.1) is 0 Å². The normalized spacial score (nSPS) is 15.2. The standard InChI is InChI=1S/C67H49N/c1-66(2)62-22-11-9-19-59(62)61-21-13-20-57(65(61)66)47-30-38-54(39-31-47)68(52-34-26-44(27-35-52)48-32-40-56-50(42-48)25-24-46-14-7-8-17-55(46)56)53-36-28-45(29-37-53)49-33-41-60-58-18-10-12-23-63(58)67(3,64(60)43-49)51-15-5-4-6-16-51/h4-43H,1-3H3. The van der Waals surface area contributed by atoms with Crippen LogP contribution in [0.1, 0.15) is 48.6 Å². The molecular weight excluding hydrogens is 819 g/mol. The van der Waals surface area contributed by atoms with Crippen LogP contribution in [0.4, 0.5) is 17.1 Å². The van der Waals surface area contributed by atoms with Gasteiger partial charge in [-0.15, -0.1) is 0 Å². The number of hydrogen-bond donors (Lipinski definition) is 0. The number of fused-ring (bicyclic) bond motifs is 9. The van der Waals surface area contributed by atoms with Crippen molar-refractivity contribution in [2.75, 3.05) is 4.90 Å². The minimum atomic E-state index is -0.251. The van der Waals surface area contributed by atoms with E-state index in [0.29, 0.717) is 0 Å². The molecule has 11 aromatic carbocycles. The summed E-state index contributed by atoms with van der Waals surface area (Å²) in [6, 6.07) is 90.1. The summed E-state index contributed by atoms with van der Waals surface area (Å²) in [5.41, 5.74) is 22.4. The Morgan fingerprint density at radius 3 is 1.49 bits per heavy atom. The molecule has 1 nitrogen and oxygen atoms in total. The first kappa shape index (κ1) is 40.1. The molecule has 2 aliphatic rings. The van der Waals surface area contributed by atoms with Gasteiger partial charge in [0.1, 0.15) is 0 Å². The first-order chi connectivity index (χ1) is 33.3. The average molecular weight is 868 g/mol. The van der Waals surface area contributed by atoms with E-state index in [4.69, 9.17) is 0 Å². The summed E-state index contributed by atoms with van der Waals surface area (Å²) in [6.07, 6.45) is 0. The van der Waals surface area contributed by atoms with Gasteiger partial charge in [0, 0.05) is 27.9 Å². The van der Waals surface area contributed by atoms with Crippen LogP contribution < -0.4 is 4.90 Å². The van der Waals surface area contributed by atoms with Crippen LogP contribution in [0.5, 0.6) is 0 Å². The molecular formula is C67H49N. The van der Waals surface area contributed by atoms with Crippen molar-refractivity contribution in [1.29, 1.82) is 0 Å². The van der Waals surface area contributed by atoms with Crippen molar-refractivity contribution in [2.24, 2.45) is 0 Å². The van der Waals surface area contributed by atoms with Crippen molar-refractivity contribution in [2.45, 2.75) is 31.6 Å². The van der Waals surface area contributed by atoms with Gasteiger partial charge in [0.15, 0.2) is 0 Å². The summed E-state index contributed by atoms with van der Waals surface area (Å²) >= 11 is 0. The third kappa shape index (κ3) is 6.16. The summed E-state index contributed by atoms with van der Waals surface area (Å²) in [6.45, 7) is 7.13. The SMILES string of the molecule is CC1(C)c2ccccc2-c2cccc(-c3ccc(N(c4ccc(-c5ccc6c(c5)C(C)(c5ccccc5)c5ccccc5-6)cc4)c4ccc(-c5ccc6c(ccc7ccccc76)c5)cc4)cc3)c21. The third-order valence-corrected chi connectivity index (χ3v) is 15.3. The second kappa shape index (κ2) is 15.4. The van der Waals surface area contributed by atoms with Crippen molar-refractivity contribution in [3.05, 3.63) is 270 Å². The van der Waals surface area contributed by atoms with Gasteiger partial charge < -0.3 is 4.90 Å². The smallest absolute Gasteiger partial charge is 0.0462 e. The average Bonchev–Trinajstić information content (AvgIpc) is 3.80. The lowest BCUT2D eigenvalue weighted by molar-refractivity contribution is 0.662. The quantitative estimate of drug-likeness (QED) is 0.144. The monoisotopic (exact) mass is 867 g/mol. The molecule has 0 heterocycles. The topological polar surface area (TPSA) is 3.24 Å². The van der Waals surface area contributed by atoms with Crippen molar-refractivity contribution < 1.29 is 0 Å². The minimum Gasteiger partial charge on any atom is -0.311 e. The highest BCUT2D eigenvalue weighted by atomic mass is 15.1. The lowest BCUT2D eigenvalue weighted by Crippen LogP contribution is -2.22. The Labute approximate surface area is 399 Å². The van der Waals surface area contributed by atoms with Crippen LogP contribution in [0, 0.1) is 0 Å². The lowest BCUT2D eigenvalue weighted by Gasteiger charge is -2.28. The highest BCUT2D eigenvalue weighted by Crippen LogP contribution is 2.54. The summed E-state index contributed by atoms with van der Waals surface area (Å²) < 4.78 is 0. The molecule has 0 aliphatic heterocycles. The van der Waals surface area contributed by atoms with E-state index in [0.717, 1.165) is 17.1 Å². The predicted molar refractivity (Wildman–Crippen MR) is 287 cm³/mol. The van der Waals surface area contributed by atoms with E-state index < -0.39 is 0 Å². The number of rotatable bonds is 7. The zero-order valence-electron chi connectivity index (χ0n) is 38.5. The van der Waals surface area contributed by atoms with E-state index in [2.05, 4.69) is 268 Å². The van der Waals surface area contributed by atoms with E-state index in [1.807, 2.05) is 0 Å². The Morgan fingerprint density at radius 2 is 0.779 bits per heavy atom.